The van der Waals surface area contributed by atoms with Gasteiger partial charge in [0.05, 0.1) is 0 Å². The number of rotatable bonds is 13. The molecule has 0 unspecified atom stereocenters. The van der Waals surface area contributed by atoms with E-state index in [4.69, 9.17) is 4.74 Å². The summed E-state index contributed by atoms with van der Waals surface area (Å²) < 4.78 is 18.5. The maximum absolute atomic E-state index is 13.4. The number of carbonyl (C=O) groups excluding carboxylic acids is 3. The van der Waals surface area contributed by atoms with Crippen LogP contribution < -0.4 is 10.6 Å². The molecule has 0 aliphatic carbocycles. The van der Waals surface area contributed by atoms with E-state index < -0.39 is 17.6 Å². The fraction of sp³-hybridized carbons (Fsp3) is 0.258. The fourth-order valence-electron chi connectivity index (χ4n) is 4.17. The van der Waals surface area contributed by atoms with Crippen molar-refractivity contribution in [1.82, 2.24) is 4.90 Å². The van der Waals surface area contributed by atoms with Crippen LogP contribution in [0.5, 0.6) is 0 Å². The predicted molar refractivity (Wildman–Crippen MR) is 156 cm³/mol. The lowest BCUT2D eigenvalue weighted by Gasteiger charge is -2.14. The highest BCUT2D eigenvalue weighted by atomic mass is 32.2. The number of nitrogens with one attached hydrogen (secondary N) is 2. The number of halogens is 1. The number of hydrogen-bond donors (Lipinski definition) is 2. The number of unbranched alkanes of at least 4 members (excludes halogenated alkanes) is 1. The van der Waals surface area contributed by atoms with Crippen LogP contribution in [-0.4, -0.2) is 42.9 Å². The topological polar surface area (TPSA) is 87.7 Å². The molecular weight excluding hydrogens is 529 g/mol. The van der Waals surface area contributed by atoms with Crippen LogP contribution in [0.1, 0.15) is 42.1 Å². The van der Waals surface area contributed by atoms with Crippen LogP contribution in [0.25, 0.3) is 0 Å². The highest BCUT2D eigenvalue weighted by molar-refractivity contribution is 8.04. The lowest BCUT2D eigenvalue weighted by Crippen LogP contribution is -2.33. The number of thioether (sulfide) groups is 1. The molecule has 1 aliphatic heterocycles. The van der Waals surface area contributed by atoms with Crippen molar-refractivity contribution in [3.63, 3.8) is 0 Å². The summed E-state index contributed by atoms with van der Waals surface area (Å²) in [7, 11) is 1.56. The van der Waals surface area contributed by atoms with Gasteiger partial charge in [-0.3, -0.25) is 19.3 Å². The van der Waals surface area contributed by atoms with Crippen LogP contribution in [0.3, 0.4) is 0 Å². The molecule has 3 aromatic carbocycles. The van der Waals surface area contributed by atoms with Gasteiger partial charge in [0, 0.05) is 42.1 Å². The average molecular weight is 562 g/mol. The summed E-state index contributed by atoms with van der Waals surface area (Å²) in [4.78, 5) is 41.5. The first-order valence-electron chi connectivity index (χ1n) is 13.2. The van der Waals surface area contributed by atoms with Gasteiger partial charge in [-0.25, -0.2) is 4.39 Å². The average Bonchev–Trinajstić information content (AvgIpc) is 3.17. The zero-order valence-corrected chi connectivity index (χ0v) is 23.4. The van der Waals surface area contributed by atoms with Crippen LogP contribution in [-0.2, 0) is 20.7 Å². The molecule has 0 saturated heterocycles. The number of aryl methyl sites for hydroxylation is 1. The van der Waals surface area contributed by atoms with Gasteiger partial charge in [0.1, 0.15) is 16.4 Å². The van der Waals surface area contributed by atoms with E-state index in [2.05, 4.69) is 17.6 Å². The first-order valence-corrected chi connectivity index (χ1v) is 14.0. The summed E-state index contributed by atoms with van der Waals surface area (Å²) in [6, 6.07) is 20.2. The lowest BCUT2D eigenvalue weighted by molar-refractivity contribution is -0.137. The summed E-state index contributed by atoms with van der Waals surface area (Å²) >= 11 is 1.13. The van der Waals surface area contributed by atoms with Gasteiger partial charge in [0.2, 0.25) is 0 Å². The molecule has 4 rings (SSSR count). The van der Waals surface area contributed by atoms with Gasteiger partial charge in [-0.1, -0.05) is 43.3 Å². The van der Waals surface area contributed by atoms with E-state index in [1.165, 1.54) is 34.7 Å². The molecule has 1 heterocycles. The fourth-order valence-corrected chi connectivity index (χ4v) is 5.17. The second kappa shape index (κ2) is 13.9. The molecule has 7 nitrogen and oxygen atoms in total. The SMILES string of the molecule is CCCCc1ccc(C(=O)Nc2cccc(SC3=C(Nc4ccc(F)cc4)C(=O)N(CCCOC)C3=O)c2)cc1. The standard InChI is InChI=1S/C31H32FN3O4S/c1-3-4-7-21-10-12-22(13-11-21)29(36)34-25-8-5-9-26(20-25)40-28-27(33-24-16-14-23(32)15-17-24)30(37)35(31(28)38)18-6-19-39-2/h5,8-17,20,33H,3-4,6-7,18-19H2,1-2H3,(H,34,36). The molecule has 0 spiro atoms. The zero-order valence-electron chi connectivity index (χ0n) is 22.5. The minimum Gasteiger partial charge on any atom is -0.385 e. The van der Waals surface area contributed by atoms with Crippen molar-refractivity contribution in [3.8, 4) is 0 Å². The zero-order chi connectivity index (χ0) is 28.5. The minimum atomic E-state index is -0.459. The number of carbonyl (C=O) groups is 3. The molecule has 9 heteroatoms. The first-order chi connectivity index (χ1) is 19.4. The summed E-state index contributed by atoms with van der Waals surface area (Å²) in [5.74, 6) is -1.53. The van der Waals surface area contributed by atoms with Crippen molar-refractivity contribution in [2.24, 2.45) is 0 Å². The number of hydrogen-bond acceptors (Lipinski definition) is 6. The Morgan fingerprint density at radius 3 is 2.40 bits per heavy atom. The van der Waals surface area contributed by atoms with Gasteiger partial charge < -0.3 is 15.4 Å². The summed E-state index contributed by atoms with van der Waals surface area (Å²) in [6.07, 6.45) is 3.70. The molecule has 0 atom stereocenters. The molecule has 208 valence electrons. The Labute approximate surface area is 237 Å². The third-order valence-corrected chi connectivity index (χ3v) is 7.39. The van der Waals surface area contributed by atoms with Gasteiger partial charge in [-0.15, -0.1) is 0 Å². The number of amides is 3. The Bertz CT molecular complexity index is 1390. The van der Waals surface area contributed by atoms with E-state index >= 15 is 0 Å². The molecule has 2 N–H and O–H groups in total. The van der Waals surface area contributed by atoms with Crippen LogP contribution in [0, 0.1) is 5.82 Å². The number of ether oxygens (including phenoxy) is 1. The maximum atomic E-state index is 13.4. The number of nitrogens with zero attached hydrogens (tertiary/aromatic N) is 1. The molecule has 0 aromatic heterocycles. The second-order valence-corrected chi connectivity index (χ2v) is 10.4. The van der Waals surface area contributed by atoms with E-state index in [1.54, 1.807) is 31.4 Å². The van der Waals surface area contributed by atoms with E-state index in [1.807, 2.05) is 24.3 Å². The molecular formula is C31H32FN3O4S. The predicted octanol–water partition coefficient (Wildman–Crippen LogP) is 6.24. The number of methoxy groups -OCH3 is 1. The van der Waals surface area contributed by atoms with Gasteiger partial charge >= 0.3 is 0 Å². The summed E-state index contributed by atoms with van der Waals surface area (Å²) in [5, 5.41) is 5.91. The van der Waals surface area contributed by atoms with Crippen LogP contribution >= 0.6 is 11.8 Å². The molecule has 3 amide bonds. The van der Waals surface area contributed by atoms with Crippen molar-refractivity contribution in [3.05, 3.63) is 100 Å². The van der Waals surface area contributed by atoms with Crippen molar-refractivity contribution in [2.45, 2.75) is 37.5 Å². The quantitative estimate of drug-likeness (QED) is 0.190. The van der Waals surface area contributed by atoms with Crippen molar-refractivity contribution < 1.29 is 23.5 Å². The van der Waals surface area contributed by atoms with E-state index in [0.29, 0.717) is 34.9 Å². The Kier molecular flexibility index (Phi) is 10.1. The highest BCUT2D eigenvalue weighted by Gasteiger charge is 2.38. The molecule has 0 saturated carbocycles. The first kappa shape index (κ1) is 29.0. The molecule has 0 radical (unpaired) electrons. The van der Waals surface area contributed by atoms with Crippen LogP contribution in [0.2, 0.25) is 0 Å². The van der Waals surface area contributed by atoms with E-state index in [0.717, 1.165) is 31.0 Å². The smallest absolute Gasteiger partial charge is 0.278 e. The molecule has 1 aliphatic rings. The van der Waals surface area contributed by atoms with Crippen molar-refractivity contribution in [2.75, 3.05) is 30.9 Å². The van der Waals surface area contributed by atoms with Gasteiger partial charge in [0.25, 0.3) is 17.7 Å². The molecule has 0 fully saturated rings. The second-order valence-electron chi connectivity index (χ2n) is 9.33. The van der Waals surface area contributed by atoms with Gasteiger partial charge in [0.15, 0.2) is 0 Å². The number of benzene rings is 3. The largest absolute Gasteiger partial charge is 0.385 e. The minimum absolute atomic E-state index is 0.122. The molecule has 3 aromatic rings. The van der Waals surface area contributed by atoms with Crippen LogP contribution in [0.4, 0.5) is 15.8 Å². The van der Waals surface area contributed by atoms with Gasteiger partial charge in [-0.05, 0) is 79.4 Å². The van der Waals surface area contributed by atoms with E-state index in [-0.39, 0.29) is 23.1 Å². The highest BCUT2D eigenvalue weighted by Crippen LogP contribution is 2.37. The summed E-state index contributed by atoms with van der Waals surface area (Å²) in [6.45, 7) is 2.76. The molecule has 0 bridgehead atoms. The van der Waals surface area contributed by atoms with Crippen molar-refractivity contribution >= 4 is 40.9 Å². The van der Waals surface area contributed by atoms with Gasteiger partial charge in [-0.2, -0.15) is 0 Å². The Balaban J connectivity index is 1.52. The Morgan fingerprint density at radius 2 is 1.70 bits per heavy atom. The number of imide groups is 1. The maximum Gasteiger partial charge on any atom is 0.278 e. The summed E-state index contributed by atoms with van der Waals surface area (Å²) in [5.41, 5.74) is 2.91. The lowest BCUT2D eigenvalue weighted by atomic mass is 10.1. The Morgan fingerprint density at radius 1 is 0.950 bits per heavy atom. The Hall–Kier alpha value is -3.95. The normalized spacial score (nSPS) is 13.2. The third-order valence-electron chi connectivity index (χ3n) is 6.32. The number of anilines is 2. The van der Waals surface area contributed by atoms with Crippen LogP contribution in [0.15, 0.2) is 88.3 Å². The van der Waals surface area contributed by atoms with E-state index in [9.17, 15) is 18.8 Å². The molecule has 40 heavy (non-hydrogen) atoms. The monoisotopic (exact) mass is 561 g/mol. The van der Waals surface area contributed by atoms with Crippen molar-refractivity contribution in [1.29, 1.82) is 0 Å². The third kappa shape index (κ3) is 7.37.